The number of hydrogen-bond acceptors (Lipinski definition) is 6. The van der Waals surface area contributed by atoms with Crippen molar-refractivity contribution in [1.29, 1.82) is 0 Å². The van der Waals surface area contributed by atoms with Gasteiger partial charge in [0, 0.05) is 11.6 Å². The third-order valence-electron chi connectivity index (χ3n) is 3.17. The Kier molecular flexibility index (Phi) is 6.52. The summed E-state index contributed by atoms with van der Waals surface area (Å²) < 4.78 is 10.6. The van der Waals surface area contributed by atoms with Crippen molar-refractivity contribution in [3.63, 3.8) is 0 Å². The first-order valence-electron chi connectivity index (χ1n) is 7.33. The molecular weight excluding hydrogens is 365 g/mol. The van der Waals surface area contributed by atoms with Crippen LogP contribution in [0.4, 0.5) is 0 Å². The number of hydrogen-bond donors (Lipinski definition) is 3. The van der Waals surface area contributed by atoms with Crippen molar-refractivity contribution in [3.05, 3.63) is 63.8 Å². The van der Waals surface area contributed by atoms with Crippen LogP contribution in [0.2, 0.25) is 10.0 Å². The molecule has 0 aliphatic heterocycles. The van der Waals surface area contributed by atoms with E-state index in [1.807, 2.05) is 0 Å². The molecule has 0 atom stereocenters. The van der Waals surface area contributed by atoms with Gasteiger partial charge in [0.05, 0.1) is 22.3 Å². The summed E-state index contributed by atoms with van der Waals surface area (Å²) in [7, 11) is 0. The molecule has 0 aromatic heterocycles. The maximum Gasteiger partial charge on any atom is 0.357 e. The number of rotatable bonds is 6. The summed E-state index contributed by atoms with van der Waals surface area (Å²) >= 11 is 11.9. The van der Waals surface area contributed by atoms with Crippen LogP contribution < -0.4 is 21.7 Å². The summed E-state index contributed by atoms with van der Waals surface area (Å²) in [5.41, 5.74) is 8.95. The predicted molar refractivity (Wildman–Crippen MR) is 98.0 cm³/mol. The molecule has 0 aliphatic rings. The molecule has 2 aromatic carbocycles. The molecular formula is C17H17Cl2N3O3. The Morgan fingerprint density at radius 1 is 1.12 bits per heavy atom. The quantitative estimate of drug-likeness (QED) is 0.306. The van der Waals surface area contributed by atoms with Crippen LogP contribution in [0.15, 0.2) is 48.2 Å². The van der Waals surface area contributed by atoms with E-state index >= 15 is 0 Å². The minimum atomic E-state index is -0.640. The number of esters is 1. The summed E-state index contributed by atoms with van der Waals surface area (Å²) in [6.45, 7) is 1.89. The van der Waals surface area contributed by atoms with E-state index in [4.69, 9.17) is 44.3 Å². The second kappa shape index (κ2) is 8.62. The zero-order chi connectivity index (χ0) is 18.4. The van der Waals surface area contributed by atoms with Gasteiger partial charge in [0.1, 0.15) is 11.5 Å². The summed E-state index contributed by atoms with van der Waals surface area (Å²) in [6, 6.07) is 11.8. The molecule has 0 bridgehead atoms. The van der Waals surface area contributed by atoms with Gasteiger partial charge in [-0.3, -0.25) is 5.84 Å². The van der Waals surface area contributed by atoms with Crippen LogP contribution in [-0.4, -0.2) is 12.6 Å². The van der Waals surface area contributed by atoms with Gasteiger partial charge in [0.15, 0.2) is 5.70 Å². The molecule has 0 aliphatic carbocycles. The zero-order valence-corrected chi connectivity index (χ0v) is 14.9. The number of halogens is 2. The first-order chi connectivity index (χ1) is 12.0. The monoisotopic (exact) mass is 381 g/mol. The lowest BCUT2D eigenvalue weighted by Crippen LogP contribution is -2.31. The lowest BCUT2D eigenvalue weighted by Gasteiger charge is -2.12. The van der Waals surface area contributed by atoms with Gasteiger partial charge in [-0.05, 0) is 31.2 Å². The summed E-state index contributed by atoms with van der Waals surface area (Å²) in [5.74, 6) is 5.76. The Bertz CT molecular complexity index is 809. The van der Waals surface area contributed by atoms with E-state index in [1.54, 1.807) is 49.4 Å². The van der Waals surface area contributed by atoms with Crippen LogP contribution in [0.5, 0.6) is 11.5 Å². The van der Waals surface area contributed by atoms with E-state index in [1.165, 1.54) is 0 Å². The van der Waals surface area contributed by atoms with E-state index in [0.717, 1.165) is 0 Å². The van der Waals surface area contributed by atoms with Crippen molar-refractivity contribution >= 4 is 34.9 Å². The van der Waals surface area contributed by atoms with E-state index in [9.17, 15) is 4.79 Å². The molecule has 0 spiro atoms. The van der Waals surface area contributed by atoms with Gasteiger partial charge in [-0.2, -0.15) is 0 Å². The van der Waals surface area contributed by atoms with Crippen LogP contribution in [0.25, 0.3) is 5.70 Å². The Balaban J connectivity index is 2.30. The standard InChI is InChI=1S/C17H17Cl2N3O3/c1-2-24-17(23)16(22-21)15(20)10-4-3-5-11(8-10)25-12-6-7-13(18)14(19)9-12/h3-9,22H,2,20-21H2,1H3/b16-15-. The molecule has 2 rings (SSSR count). The molecule has 0 saturated heterocycles. The third kappa shape index (κ3) is 4.79. The molecule has 0 heterocycles. The Morgan fingerprint density at radius 3 is 2.48 bits per heavy atom. The van der Waals surface area contributed by atoms with Crippen LogP contribution in [0.1, 0.15) is 12.5 Å². The van der Waals surface area contributed by atoms with Gasteiger partial charge >= 0.3 is 5.97 Å². The molecule has 5 N–H and O–H groups in total. The van der Waals surface area contributed by atoms with E-state index in [2.05, 4.69) is 5.43 Å². The lowest BCUT2D eigenvalue weighted by molar-refractivity contribution is -0.138. The number of benzene rings is 2. The van der Waals surface area contributed by atoms with Crippen molar-refractivity contribution in [2.45, 2.75) is 6.92 Å². The zero-order valence-electron chi connectivity index (χ0n) is 13.4. The lowest BCUT2D eigenvalue weighted by atomic mass is 10.1. The van der Waals surface area contributed by atoms with E-state index in [0.29, 0.717) is 27.1 Å². The van der Waals surface area contributed by atoms with Crippen LogP contribution >= 0.6 is 23.2 Å². The minimum Gasteiger partial charge on any atom is -0.461 e. The average molecular weight is 382 g/mol. The maximum atomic E-state index is 11.9. The molecule has 0 radical (unpaired) electrons. The highest BCUT2D eigenvalue weighted by Crippen LogP contribution is 2.30. The summed E-state index contributed by atoms with van der Waals surface area (Å²) in [5, 5.41) is 0.815. The molecule has 6 nitrogen and oxygen atoms in total. The molecule has 132 valence electrons. The third-order valence-corrected chi connectivity index (χ3v) is 3.90. The number of carbonyl (C=O) groups is 1. The van der Waals surface area contributed by atoms with Crippen molar-refractivity contribution in [2.75, 3.05) is 6.61 Å². The van der Waals surface area contributed by atoms with Crippen LogP contribution in [0, 0.1) is 0 Å². The van der Waals surface area contributed by atoms with Crippen LogP contribution in [-0.2, 0) is 9.53 Å². The largest absolute Gasteiger partial charge is 0.461 e. The molecule has 0 unspecified atom stereocenters. The smallest absolute Gasteiger partial charge is 0.357 e. The number of hydrazine groups is 1. The normalized spacial score (nSPS) is 11.5. The molecule has 25 heavy (non-hydrogen) atoms. The van der Waals surface area contributed by atoms with Gasteiger partial charge in [0.25, 0.3) is 0 Å². The number of carbonyl (C=O) groups excluding carboxylic acids is 1. The van der Waals surface area contributed by atoms with Gasteiger partial charge < -0.3 is 20.6 Å². The molecule has 2 aromatic rings. The fraction of sp³-hybridized carbons (Fsp3) is 0.118. The molecule has 0 fully saturated rings. The highest BCUT2D eigenvalue weighted by atomic mass is 35.5. The molecule has 0 amide bonds. The van der Waals surface area contributed by atoms with E-state index < -0.39 is 5.97 Å². The molecule has 8 heteroatoms. The molecule has 0 saturated carbocycles. The maximum absolute atomic E-state index is 11.9. The van der Waals surface area contributed by atoms with Crippen molar-refractivity contribution in [3.8, 4) is 11.5 Å². The number of ether oxygens (including phenoxy) is 2. The Labute approximate surface area is 155 Å². The van der Waals surface area contributed by atoms with Gasteiger partial charge in [-0.15, -0.1) is 0 Å². The van der Waals surface area contributed by atoms with Gasteiger partial charge in [-0.1, -0.05) is 35.3 Å². The first-order valence-corrected chi connectivity index (χ1v) is 8.08. The Morgan fingerprint density at radius 2 is 1.84 bits per heavy atom. The first kappa shape index (κ1) is 18.9. The average Bonchev–Trinajstić information content (AvgIpc) is 2.59. The van der Waals surface area contributed by atoms with Crippen molar-refractivity contribution in [1.82, 2.24) is 5.43 Å². The van der Waals surface area contributed by atoms with Gasteiger partial charge in [-0.25, -0.2) is 4.79 Å². The van der Waals surface area contributed by atoms with Crippen molar-refractivity contribution < 1.29 is 14.3 Å². The number of nitrogens with one attached hydrogen (secondary N) is 1. The highest BCUT2D eigenvalue weighted by Gasteiger charge is 2.15. The predicted octanol–water partition coefficient (Wildman–Crippen LogP) is 3.44. The summed E-state index contributed by atoms with van der Waals surface area (Å²) in [6.07, 6.45) is 0. The SMILES string of the molecule is CCOC(=O)/C(NN)=C(/N)c1cccc(Oc2ccc(Cl)c(Cl)c2)c1. The Hall–Kier alpha value is -2.41. The second-order valence-corrected chi connectivity index (χ2v) is 5.67. The fourth-order valence-corrected chi connectivity index (χ4v) is 2.29. The number of nitrogens with two attached hydrogens (primary N) is 2. The second-order valence-electron chi connectivity index (χ2n) is 4.86. The fourth-order valence-electron chi connectivity index (χ4n) is 2.00. The van der Waals surface area contributed by atoms with Gasteiger partial charge in [0.2, 0.25) is 0 Å². The highest BCUT2D eigenvalue weighted by molar-refractivity contribution is 6.42. The topological polar surface area (TPSA) is 99.6 Å². The summed E-state index contributed by atoms with van der Waals surface area (Å²) in [4.78, 5) is 11.9. The minimum absolute atomic E-state index is 0.0338. The van der Waals surface area contributed by atoms with Crippen molar-refractivity contribution in [2.24, 2.45) is 11.6 Å². The van der Waals surface area contributed by atoms with E-state index in [-0.39, 0.29) is 18.0 Å². The van der Waals surface area contributed by atoms with Crippen LogP contribution in [0.3, 0.4) is 0 Å².